The van der Waals surface area contributed by atoms with Crippen LogP contribution in [0.1, 0.15) is 37.3 Å². The van der Waals surface area contributed by atoms with Crippen LogP contribution in [0, 0.1) is 0 Å². The number of carbonyl (C=O) groups is 1. The lowest BCUT2D eigenvalue weighted by molar-refractivity contribution is -0.117. The first-order valence-corrected chi connectivity index (χ1v) is 8.17. The number of methoxy groups -OCH3 is 1. The number of pyridine rings is 1. The van der Waals surface area contributed by atoms with E-state index < -0.39 is 0 Å². The topological polar surface area (TPSA) is 60.5 Å². The van der Waals surface area contributed by atoms with Gasteiger partial charge in [0, 0.05) is 6.20 Å². The third kappa shape index (κ3) is 3.35. The zero-order valence-corrected chi connectivity index (χ0v) is 14.2. The molecule has 5 nitrogen and oxygen atoms in total. The second-order valence-electron chi connectivity index (χ2n) is 6.18. The first-order chi connectivity index (χ1) is 11.6. The molecule has 0 spiro atoms. The van der Waals surface area contributed by atoms with Gasteiger partial charge >= 0.3 is 0 Å². The maximum atomic E-state index is 12.8. The summed E-state index contributed by atoms with van der Waals surface area (Å²) >= 11 is 0. The van der Waals surface area contributed by atoms with Gasteiger partial charge in [-0.05, 0) is 56.0 Å². The van der Waals surface area contributed by atoms with E-state index in [1.165, 1.54) is 5.56 Å². The molecule has 0 saturated heterocycles. The molecule has 1 aliphatic carbocycles. The van der Waals surface area contributed by atoms with E-state index in [2.05, 4.69) is 10.3 Å². The highest BCUT2D eigenvalue weighted by atomic mass is 16.5. The summed E-state index contributed by atoms with van der Waals surface area (Å²) in [6, 6.07) is 7.71. The summed E-state index contributed by atoms with van der Waals surface area (Å²) in [6.07, 6.45) is 5.00. The number of rotatable bonds is 5. The largest absolute Gasteiger partial charge is 0.497 e. The SMILES string of the molecule is COc1ccc2c(c1)C(C(=O)Nc1ccncc1OC(C)C)CC2. The predicted octanol–water partition coefficient (Wildman–Crippen LogP) is 3.55. The summed E-state index contributed by atoms with van der Waals surface area (Å²) in [5.41, 5.74) is 2.91. The minimum Gasteiger partial charge on any atom is -0.497 e. The molecule has 1 aromatic heterocycles. The number of nitrogens with one attached hydrogen (secondary N) is 1. The summed E-state index contributed by atoms with van der Waals surface area (Å²) < 4.78 is 11.0. The van der Waals surface area contributed by atoms with Gasteiger partial charge in [-0.3, -0.25) is 9.78 Å². The molecule has 0 saturated carbocycles. The average molecular weight is 326 g/mol. The zero-order chi connectivity index (χ0) is 17.1. The third-order valence-corrected chi connectivity index (χ3v) is 4.15. The van der Waals surface area contributed by atoms with Crippen molar-refractivity contribution in [2.24, 2.45) is 0 Å². The van der Waals surface area contributed by atoms with Crippen LogP contribution in [-0.4, -0.2) is 24.1 Å². The van der Waals surface area contributed by atoms with Gasteiger partial charge in [-0.25, -0.2) is 0 Å². The van der Waals surface area contributed by atoms with Gasteiger partial charge in [0.1, 0.15) is 5.75 Å². The molecule has 0 aliphatic heterocycles. The molecule has 1 aliphatic rings. The summed E-state index contributed by atoms with van der Waals surface area (Å²) in [5, 5.41) is 2.99. The molecule has 0 bridgehead atoms. The number of benzene rings is 1. The first kappa shape index (κ1) is 16.3. The Morgan fingerprint density at radius 1 is 1.33 bits per heavy atom. The van der Waals surface area contributed by atoms with Crippen LogP contribution in [0.15, 0.2) is 36.7 Å². The normalized spacial score (nSPS) is 15.9. The summed E-state index contributed by atoms with van der Waals surface area (Å²) in [4.78, 5) is 16.9. The van der Waals surface area contributed by atoms with Crippen LogP contribution in [0.4, 0.5) is 5.69 Å². The van der Waals surface area contributed by atoms with Gasteiger partial charge in [0.2, 0.25) is 5.91 Å². The fraction of sp³-hybridized carbons (Fsp3) is 0.368. The van der Waals surface area contributed by atoms with Crippen molar-refractivity contribution in [2.45, 2.75) is 38.7 Å². The van der Waals surface area contributed by atoms with Crippen molar-refractivity contribution in [3.63, 3.8) is 0 Å². The summed E-state index contributed by atoms with van der Waals surface area (Å²) in [5.74, 6) is 1.17. The van der Waals surface area contributed by atoms with E-state index in [1.54, 1.807) is 25.6 Å². The Balaban J connectivity index is 1.81. The quantitative estimate of drug-likeness (QED) is 0.913. The molecule has 3 rings (SSSR count). The smallest absolute Gasteiger partial charge is 0.232 e. The molecule has 0 fully saturated rings. The van der Waals surface area contributed by atoms with Crippen LogP contribution in [-0.2, 0) is 11.2 Å². The Labute approximate surface area is 142 Å². The van der Waals surface area contributed by atoms with E-state index in [4.69, 9.17) is 9.47 Å². The minimum atomic E-state index is -0.171. The number of anilines is 1. The highest BCUT2D eigenvalue weighted by Gasteiger charge is 2.29. The number of aromatic nitrogens is 1. The molecule has 0 radical (unpaired) electrons. The lowest BCUT2D eigenvalue weighted by Crippen LogP contribution is -2.20. The minimum absolute atomic E-state index is 0.0151. The first-order valence-electron chi connectivity index (χ1n) is 8.17. The van der Waals surface area contributed by atoms with E-state index in [1.807, 2.05) is 32.0 Å². The average Bonchev–Trinajstić information content (AvgIpc) is 2.99. The van der Waals surface area contributed by atoms with Crippen LogP contribution in [0.3, 0.4) is 0 Å². The lowest BCUT2D eigenvalue weighted by Gasteiger charge is -2.17. The Kier molecular flexibility index (Phi) is 4.69. The molecule has 1 unspecified atom stereocenters. The van der Waals surface area contributed by atoms with Crippen LogP contribution in [0.5, 0.6) is 11.5 Å². The number of nitrogens with zero attached hydrogens (tertiary/aromatic N) is 1. The fourth-order valence-electron chi connectivity index (χ4n) is 3.03. The predicted molar refractivity (Wildman–Crippen MR) is 92.7 cm³/mol. The van der Waals surface area contributed by atoms with Crippen molar-refractivity contribution in [2.75, 3.05) is 12.4 Å². The van der Waals surface area contributed by atoms with Gasteiger partial charge in [-0.2, -0.15) is 0 Å². The number of carbonyl (C=O) groups excluding carboxylic acids is 1. The second kappa shape index (κ2) is 6.91. The molecule has 1 atom stereocenters. The molecule has 126 valence electrons. The van der Waals surface area contributed by atoms with Gasteiger partial charge in [-0.15, -0.1) is 0 Å². The van der Waals surface area contributed by atoms with Crippen LogP contribution >= 0.6 is 0 Å². The van der Waals surface area contributed by atoms with Crippen molar-refractivity contribution in [3.05, 3.63) is 47.8 Å². The van der Waals surface area contributed by atoms with Crippen molar-refractivity contribution in [3.8, 4) is 11.5 Å². The molecule has 1 N–H and O–H groups in total. The van der Waals surface area contributed by atoms with E-state index >= 15 is 0 Å². The number of hydrogen-bond acceptors (Lipinski definition) is 4. The fourth-order valence-corrected chi connectivity index (χ4v) is 3.03. The van der Waals surface area contributed by atoms with E-state index in [0.717, 1.165) is 24.2 Å². The van der Waals surface area contributed by atoms with Gasteiger partial charge in [0.05, 0.1) is 31.0 Å². The van der Waals surface area contributed by atoms with Crippen LogP contribution < -0.4 is 14.8 Å². The molecule has 24 heavy (non-hydrogen) atoms. The Morgan fingerprint density at radius 2 is 2.17 bits per heavy atom. The van der Waals surface area contributed by atoms with Crippen molar-refractivity contribution in [1.29, 1.82) is 0 Å². The van der Waals surface area contributed by atoms with Gasteiger partial charge < -0.3 is 14.8 Å². The molecule has 2 aromatic rings. The molecular formula is C19H22N2O3. The molecule has 1 amide bonds. The number of hydrogen-bond donors (Lipinski definition) is 1. The van der Waals surface area contributed by atoms with Gasteiger partial charge in [0.15, 0.2) is 5.75 Å². The highest BCUT2D eigenvalue weighted by Crippen LogP contribution is 2.37. The molecule has 1 heterocycles. The van der Waals surface area contributed by atoms with Crippen molar-refractivity contribution < 1.29 is 14.3 Å². The molecule has 1 aromatic carbocycles. The third-order valence-electron chi connectivity index (χ3n) is 4.15. The van der Waals surface area contributed by atoms with E-state index in [9.17, 15) is 4.79 Å². The summed E-state index contributed by atoms with van der Waals surface area (Å²) in [7, 11) is 1.64. The number of fused-ring (bicyclic) bond motifs is 1. The Bertz CT molecular complexity index is 743. The lowest BCUT2D eigenvalue weighted by atomic mass is 10.00. The Morgan fingerprint density at radius 3 is 2.92 bits per heavy atom. The van der Waals surface area contributed by atoms with Crippen LogP contribution in [0.2, 0.25) is 0 Å². The summed E-state index contributed by atoms with van der Waals surface area (Å²) in [6.45, 7) is 3.89. The van der Waals surface area contributed by atoms with E-state index in [-0.39, 0.29) is 17.9 Å². The van der Waals surface area contributed by atoms with Crippen molar-refractivity contribution >= 4 is 11.6 Å². The molecular weight excluding hydrogens is 304 g/mol. The highest BCUT2D eigenvalue weighted by molar-refractivity contribution is 5.97. The zero-order valence-electron chi connectivity index (χ0n) is 14.2. The molecule has 5 heteroatoms. The van der Waals surface area contributed by atoms with Gasteiger partial charge in [0.25, 0.3) is 0 Å². The van der Waals surface area contributed by atoms with Crippen LogP contribution in [0.25, 0.3) is 0 Å². The van der Waals surface area contributed by atoms with Crippen molar-refractivity contribution in [1.82, 2.24) is 4.98 Å². The number of amides is 1. The Hall–Kier alpha value is -2.56. The van der Waals surface area contributed by atoms with E-state index in [0.29, 0.717) is 11.4 Å². The maximum absolute atomic E-state index is 12.8. The van der Waals surface area contributed by atoms with Gasteiger partial charge in [-0.1, -0.05) is 6.07 Å². The monoisotopic (exact) mass is 326 g/mol. The second-order valence-corrected chi connectivity index (χ2v) is 6.18. The standard InChI is InChI=1S/C19H22N2O3/c1-12(2)24-18-11-20-9-8-17(18)21-19(22)15-7-5-13-4-6-14(23-3)10-16(13)15/h4,6,8-12,15H,5,7H2,1-3H3,(H,20,21,22). The maximum Gasteiger partial charge on any atom is 0.232 e. The number of ether oxygens (including phenoxy) is 2. The number of aryl methyl sites for hydroxylation is 1.